The summed E-state index contributed by atoms with van der Waals surface area (Å²) >= 11 is 0. The molecule has 2 saturated heterocycles. The maximum atomic E-state index is 5.85. The molecular formula is C31H39N9O2. The molecule has 0 bridgehead atoms. The summed E-state index contributed by atoms with van der Waals surface area (Å²) in [5.41, 5.74) is 9.54. The Morgan fingerprint density at radius 2 is 1.14 bits per heavy atom. The summed E-state index contributed by atoms with van der Waals surface area (Å²) in [7, 11) is 0. The lowest BCUT2D eigenvalue weighted by Crippen LogP contribution is -2.46. The summed E-state index contributed by atoms with van der Waals surface area (Å²) in [6, 6.07) is 15.7. The van der Waals surface area contributed by atoms with Crippen LogP contribution in [0.2, 0.25) is 0 Å². The second-order valence-electron chi connectivity index (χ2n) is 11.4. The Kier molecular flexibility index (Phi) is 7.70. The number of ether oxygens (including phenoxy) is 2. The second kappa shape index (κ2) is 11.6. The fourth-order valence-electron chi connectivity index (χ4n) is 5.87. The number of aryl methyl sites for hydroxylation is 1. The molecule has 11 heteroatoms. The normalized spacial score (nSPS) is 22.8. The van der Waals surface area contributed by atoms with Crippen LogP contribution in [0.5, 0.6) is 0 Å². The summed E-state index contributed by atoms with van der Waals surface area (Å²) in [4.78, 5) is 14.1. The van der Waals surface area contributed by atoms with Gasteiger partial charge in [0.25, 0.3) is 0 Å². The first-order chi connectivity index (χ1) is 20.2. The highest BCUT2D eigenvalue weighted by Crippen LogP contribution is 2.27. The van der Waals surface area contributed by atoms with Gasteiger partial charge in [0, 0.05) is 49.8 Å². The van der Waals surface area contributed by atoms with Crippen LogP contribution in [0.4, 0.5) is 17.3 Å². The van der Waals surface area contributed by atoms with E-state index >= 15 is 0 Å². The highest BCUT2D eigenvalue weighted by molar-refractivity contribution is 5.72. The highest BCUT2D eigenvalue weighted by Gasteiger charge is 2.26. The molecule has 2 aliphatic rings. The maximum Gasteiger partial charge on any atom is 0.182 e. The topological polar surface area (TPSA) is 111 Å². The fourth-order valence-corrected chi connectivity index (χ4v) is 5.87. The van der Waals surface area contributed by atoms with E-state index in [2.05, 4.69) is 58.7 Å². The van der Waals surface area contributed by atoms with E-state index in [9.17, 15) is 0 Å². The summed E-state index contributed by atoms with van der Waals surface area (Å²) < 4.78 is 15.4. The van der Waals surface area contributed by atoms with Gasteiger partial charge in [-0.2, -0.15) is 5.10 Å². The molecule has 0 aliphatic carbocycles. The van der Waals surface area contributed by atoms with Crippen molar-refractivity contribution in [1.29, 1.82) is 0 Å². The number of hydrogen-bond acceptors (Lipinski definition) is 9. The van der Waals surface area contributed by atoms with Crippen molar-refractivity contribution in [2.24, 2.45) is 0 Å². The molecule has 1 aromatic carbocycles. The monoisotopic (exact) mass is 569 g/mol. The smallest absolute Gasteiger partial charge is 0.182 e. The number of benzene rings is 1. The number of aromatic nitrogens is 6. The van der Waals surface area contributed by atoms with E-state index in [-0.39, 0.29) is 24.4 Å². The van der Waals surface area contributed by atoms with Crippen LogP contribution in [0.3, 0.4) is 0 Å². The summed E-state index contributed by atoms with van der Waals surface area (Å²) in [6.07, 6.45) is 4.74. The summed E-state index contributed by atoms with van der Waals surface area (Å²) in [5.74, 6) is 3.44. The van der Waals surface area contributed by atoms with Crippen molar-refractivity contribution < 1.29 is 9.47 Å². The minimum atomic E-state index is 0.179. The molecule has 220 valence electrons. The lowest BCUT2D eigenvalue weighted by Gasteiger charge is -2.36. The van der Waals surface area contributed by atoms with E-state index < -0.39 is 0 Å². The van der Waals surface area contributed by atoms with Crippen molar-refractivity contribution in [3.05, 3.63) is 66.7 Å². The quantitative estimate of drug-likeness (QED) is 0.319. The third kappa shape index (κ3) is 5.88. The Morgan fingerprint density at radius 3 is 1.67 bits per heavy atom. The van der Waals surface area contributed by atoms with Crippen LogP contribution >= 0.6 is 0 Å². The largest absolute Gasteiger partial charge is 0.399 e. The molecule has 2 aliphatic heterocycles. The van der Waals surface area contributed by atoms with Crippen molar-refractivity contribution >= 4 is 28.4 Å². The minimum Gasteiger partial charge on any atom is -0.399 e. The molecule has 4 atom stereocenters. The zero-order valence-electron chi connectivity index (χ0n) is 24.9. The van der Waals surface area contributed by atoms with Gasteiger partial charge in [-0.15, -0.1) is 5.10 Å². The Labute approximate surface area is 245 Å². The number of rotatable bonds is 3. The Morgan fingerprint density at radius 1 is 0.667 bits per heavy atom. The molecule has 6 heterocycles. The van der Waals surface area contributed by atoms with E-state index in [0.29, 0.717) is 5.82 Å². The summed E-state index contributed by atoms with van der Waals surface area (Å²) in [5, 5.41) is 9.01. The average Bonchev–Trinajstić information content (AvgIpc) is 3.61. The molecule has 0 saturated carbocycles. The molecule has 7 rings (SSSR count). The van der Waals surface area contributed by atoms with Crippen molar-refractivity contribution in [2.75, 3.05) is 41.7 Å². The average molecular weight is 570 g/mol. The van der Waals surface area contributed by atoms with E-state index in [0.717, 1.165) is 65.9 Å². The van der Waals surface area contributed by atoms with Gasteiger partial charge in [0.2, 0.25) is 0 Å². The Bertz CT molecular complexity index is 1640. The van der Waals surface area contributed by atoms with Crippen LogP contribution in [0.25, 0.3) is 22.4 Å². The Hall–Kier alpha value is -4.22. The van der Waals surface area contributed by atoms with Crippen LogP contribution < -0.4 is 15.5 Å². The van der Waals surface area contributed by atoms with Gasteiger partial charge < -0.3 is 25.0 Å². The molecule has 4 aromatic heterocycles. The lowest BCUT2D eigenvalue weighted by atomic mass is 10.2. The van der Waals surface area contributed by atoms with Gasteiger partial charge >= 0.3 is 0 Å². The van der Waals surface area contributed by atoms with Crippen LogP contribution in [0.1, 0.15) is 33.5 Å². The van der Waals surface area contributed by atoms with Gasteiger partial charge in [0.1, 0.15) is 16.9 Å². The molecule has 0 radical (unpaired) electrons. The van der Waals surface area contributed by atoms with Crippen molar-refractivity contribution in [3.63, 3.8) is 0 Å². The molecule has 0 amide bonds. The van der Waals surface area contributed by atoms with Gasteiger partial charge in [-0.05, 0) is 83.1 Å². The predicted octanol–water partition coefficient (Wildman–Crippen LogP) is 4.24. The number of nitrogens with two attached hydrogens (primary N) is 1. The van der Waals surface area contributed by atoms with Crippen LogP contribution in [-0.4, -0.2) is 79.8 Å². The van der Waals surface area contributed by atoms with E-state index in [4.69, 9.17) is 20.2 Å². The number of nitrogen functional groups attached to an aromatic ring is 1. The number of anilines is 3. The molecule has 42 heavy (non-hydrogen) atoms. The molecule has 2 N–H and O–H groups in total. The Balaban J connectivity index is 0.000000157. The third-order valence-corrected chi connectivity index (χ3v) is 7.46. The third-order valence-electron chi connectivity index (χ3n) is 7.46. The van der Waals surface area contributed by atoms with Gasteiger partial charge in [0.15, 0.2) is 17.5 Å². The standard InChI is InChI=1S/C18H21N5O.C13H18N4O/c1-12-10-22(11-13(2)24-12)18-16-4-3-9-23(16)21-17(20-18)14-5-7-15(19)8-6-14;1-9-7-16(8-10(2)18-9)13-12-5-4-6-17(12)15-11(3)14-13/h3-9,12-13H,10-11,19H2,1-2H3;4-6,9-10H,7-8H2,1-3H3/t12-,13+;9-,10+. The predicted molar refractivity (Wildman–Crippen MR) is 165 cm³/mol. The van der Waals surface area contributed by atoms with Crippen molar-refractivity contribution in [1.82, 2.24) is 29.2 Å². The number of fused-ring (bicyclic) bond motifs is 2. The minimum absolute atomic E-state index is 0.179. The lowest BCUT2D eigenvalue weighted by molar-refractivity contribution is -0.00566. The van der Waals surface area contributed by atoms with Crippen molar-refractivity contribution in [3.8, 4) is 11.4 Å². The highest BCUT2D eigenvalue weighted by atomic mass is 16.5. The second-order valence-corrected chi connectivity index (χ2v) is 11.4. The SMILES string of the molecule is C[C@@H]1CN(c2nc(-c3ccc(N)cc3)nn3cccc23)C[C@H](C)O1.Cc1nc(N2C[C@@H](C)O[C@@H](C)C2)c2cccn2n1. The zero-order chi connectivity index (χ0) is 29.4. The van der Waals surface area contributed by atoms with Gasteiger partial charge in [-0.3, -0.25) is 0 Å². The van der Waals surface area contributed by atoms with Gasteiger partial charge in [-0.1, -0.05) is 0 Å². The molecule has 2 fully saturated rings. The van der Waals surface area contributed by atoms with Crippen molar-refractivity contribution in [2.45, 2.75) is 59.0 Å². The molecule has 0 spiro atoms. The van der Waals surface area contributed by atoms with E-state index in [1.807, 2.05) is 70.8 Å². The molecular weight excluding hydrogens is 530 g/mol. The van der Waals surface area contributed by atoms with Crippen LogP contribution in [0.15, 0.2) is 60.9 Å². The van der Waals surface area contributed by atoms with Crippen LogP contribution in [-0.2, 0) is 9.47 Å². The molecule has 11 nitrogen and oxygen atoms in total. The summed E-state index contributed by atoms with van der Waals surface area (Å²) in [6.45, 7) is 13.7. The number of nitrogens with zero attached hydrogens (tertiary/aromatic N) is 8. The van der Waals surface area contributed by atoms with Gasteiger partial charge in [0.05, 0.1) is 24.4 Å². The fraction of sp³-hybridized carbons (Fsp3) is 0.419. The first-order valence-electron chi connectivity index (χ1n) is 14.6. The first kappa shape index (κ1) is 27.9. The van der Waals surface area contributed by atoms with E-state index in [1.54, 1.807) is 0 Å². The first-order valence-corrected chi connectivity index (χ1v) is 14.6. The molecule has 5 aromatic rings. The zero-order valence-corrected chi connectivity index (χ0v) is 24.9. The van der Waals surface area contributed by atoms with Gasteiger partial charge in [-0.25, -0.2) is 19.0 Å². The number of morpholine rings is 2. The van der Waals surface area contributed by atoms with Crippen LogP contribution in [0, 0.1) is 6.92 Å². The number of hydrogen-bond donors (Lipinski definition) is 1. The van der Waals surface area contributed by atoms with E-state index in [1.165, 1.54) is 0 Å². The molecule has 0 unspecified atom stereocenters. The maximum absolute atomic E-state index is 5.85.